The Labute approximate surface area is 186 Å². The molecule has 1 fully saturated rings. The topological polar surface area (TPSA) is 77.3 Å². The molecule has 0 aliphatic carbocycles. The first kappa shape index (κ1) is 23.5. The summed E-state index contributed by atoms with van der Waals surface area (Å²) >= 11 is 5.78. The molecular formula is C21H17ClF4N4O2. The van der Waals surface area contributed by atoms with E-state index in [0.29, 0.717) is 6.07 Å². The fourth-order valence-corrected chi connectivity index (χ4v) is 3.75. The number of aromatic nitrogens is 1. The largest absolute Gasteiger partial charge is 0.416 e. The van der Waals surface area contributed by atoms with Crippen LogP contribution in [0.4, 0.5) is 29.1 Å². The molecule has 2 heterocycles. The van der Waals surface area contributed by atoms with Crippen molar-refractivity contribution < 1.29 is 27.2 Å². The lowest BCUT2D eigenvalue weighted by Crippen LogP contribution is -2.46. The van der Waals surface area contributed by atoms with E-state index in [1.807, 2.05) is 6.07 Å². The molecule has 6 nitrogen and oxygen atoms in total. The average molecular weight is 469 g/mol. The van der Waals surface area contributed by atoms with Gasteiger partial charge in [-0.3, -0.25) is 14.5 Å². The minimum Gasteiger partial charge on any atom is -0.314 e. The minimum absolute atomic E-state index is 0.0104. The molecule has 2 aromatic rings. The van der Waals surface area contributed by atoms with Crippen molar-refractivity contribution in [3.05, 3.63) is 52.4 Å². The summed E-state index contributed by atoms with van der Waals surface area (Å²) in [6, 6.07) is 5.78. The fourth-order valence-electron chi connectivity index (χ4n) is 3.57. The lowest BCUT2D eigenvalue weighted by molar-refractivity contribution is -0.137. The predicted octanol–water partition coefficient (Wildman–Crippen LogP) is 4.50. The SMILES string of the molecule is Cc1cc(C(F)(F)F)cc(N2C(=O)C(CC#N)C[C@H]2C(=O)N(C)c2ccc(F)c(Cl)c2)n1. The summed E-state index contributed by atoms with van der Waals surface area (Å²) in [4.78, 5) is 32.3. The van der Waals surface area contributed by atoms with Crippen molar-refractivity contribution in [3.8, 4) is 6.07 Å². The van der Waals surface area contributed by atoms with Gasteiger partial charge < -0.3 is 4.90 Å². The monoisotopic (exact) mass is 468 g/mol. The van der Waals surface area contributed by atoms with E-state index in [0.717, 1.165) is 21.9 Å². The van der Waals surface area contributed by atoms with Crippen molar-refractivity contribution in [1.82, 2.24) is 4.98 Å². The van der Waals surface area contributed by atoms with Crippen molar-refractivity contribution in [2.24, 2.45) is 5.92 Å². The van der Waals surface area contributed by atoms with Gasteiger partial charge in [0.2, 0.25) is 11.8 Å². The van der Waals surface area contributed by atoms with Gasteiger partial charge in [-0.05, 0) is 43.7 Å². The quantitative estimate of drug-likeness (QED) is 0.619. The van der Waals surface area contributed by atoms with Gasteiger partial charge in [-0.1, -0.05) is 11.6 Å². The number of amides is 2. The van der Waals surface area contributed by atoms with Crippen molar-refractivity contribution >= 4 is 34.9 Å². The van der Waals surface area contributed by atoms with E-state index in [1.54, 1.807) is 0 Å². The van der Waals surface area contributed by atoms with E-state index < -0.39 is 41.3 Å². The Morgan fingerprint density at radius 3 is 2.62 bits per heavy atom. The lowest BCUT2D eigenvalue weighted by atomic mass is 10.0. The molecule has 1 unspecified atom stereocenters. The second-order valence-electron chi connectivity index (χ2n) is 7.37. The Kier molecular flexibility index (Phi) is 6.41. The molecule has 0 N–H and O–H groups in total. The van der Waals surface area contributed by atoms with Gasteiger partial charge in [0.15, 0.2) is 0 Å². The summed E-state index contributed by atoms with van der Waals surface area (Å²) in [5, 5.41) is 8.81. The zero-order valence-corrected chi connectivity index (χ0v) is 17.7. The van der Waals surface area contributed by atoms with Gasteiger partial charge in [0.05, 0.1) is 22.6 Å². The number of rotatable bonds is 4. The number of benzene rings is 1. The Hall–Kier alpha value is -3.19. The second kappa shape index (κ2) is 8.74. The summed E-state index contributed by atoms with van der Waals surface area (Å²) in [5.74, 6) is -3.20. The highest BCUT2D eigenvalue weighted by molar-refractivity contribution is 6.31. The molecule has 0 radical (unpaired) electrons. The minimum atomic E-state index is -4.68. The third-order valence-electron chi connectivity index (χ3n) is 5.16. The molecule has 168 valence electrons. The van der Waals surface area contributed by atoms with Gasteiger partial charge in [0, 0.05) is 24.8 Å². The van der Waals surface area contributed by atoms with Gasteiger partial charge in [0.25, 0.3) is 0 Å². The van der Waals surface area contributed by atoms with Crippen LogP contribution in [0.15, 0.2) is 30.3 Å². The normalized spacial score (nSPS) is 18.6. The molecule has 32 heavy (non-hydrogen) atoms. The number of alkyl halides is 3. The van der Waals surface area contributed by atoms with Crippen LogP contribution in [0, 0.1) is 30.0 Å². The summed E-state index contributed by atoms with van der Waals surface area (Å²) in [5.41, 5.74) is -0.775. The maximum Gasteiger partial charge on any atom is 0.416 e. The smallest absolute Gasteiger partial charge is 0.314 e. The first-order valence-corrected chi connectivity index (χ1v) is 9.80. The molecule has 1 aromatic carbocycles. The molecule has 1 aliphatic rings. The highest BCUT2D eigenvalue weighted by Crippen LogP contribution is 2.37. The zero-order chi connectivity index (χ0) is 23.8. The number of hydrogen-bond acceptors (Lipinski definition) is 4. The summed E-state index contributed by atoms with van der Waals surface area (Å²) in [6.45, 7) is 1.34. The van der Waals surface area contributed by atoms with Gasteiger partial charge in [-0.15, -0.1) is 0 Å². The number of likely N-dealkylation sites (N-methyl/N-ethyl adjacent to an activating group) is 1. The number of nitrogens with zero attached hydrogens (tertiary/aromatic N) is 4. The van der Waals surface area contributed by atoms with Gasteiger partial charge >= 0.3 is 6.18 Å². The van der Waals surface area contributed by atoms with Gasteiger partial charge in [-0.25, -0.2) is 9.37 Å². The van der Waals surface area contributed by atoms with E-state index in [4.69, 9.17) is 16.9 Å². The van der Waals surface area contributed by atoms with Gasteiger partial charge in [0.1, 0.15) is 17.7 Å². The predicted molar refractivity (Wildman–Crippen MR) is 108 cm³/mol. The van der Waals surface area contributed by atoms with E-state index in [1.165, 1.54) is 26.1 Å². The molecular weight excluding hydrogens is 452 g/mol. The number of carbonyl (C=O) groups excluding carboxylic acids is 2. The average Bonchev–Trinajstić information content (AvgIpc) is 3.04. The maximum atomic E-state index is 13.5. The summed E-state index contributed by atoms with van der Waals surface area (Å²) in [6.07, 6.45) is -4.97. The Morgan fingerprint density at radius 2 is 2.03 bits per heavy atom. The molecule has 1 aromatic heterocycles. The highest BCUT2D eigenvalue weighted by atomic mass is 35.5. The zero-order valence-electron chi connectivity index (χ0n) is 17.0. The molecule has 1 saturated heterocycles. The van der Waals surface area contributed by atoms with Crippen LogP contribution in [0.1, 0.15) is 24.1 Å². The molecule has 11 heteroatoms. The Balaban J connectivity index is 2.04. The number of hydrogen-bond donors (Lipinski definition) is 0. The number of carbonyl (C=O) groups is 2. The van der Waals surface area contributed by atoms with Crippen LogP contribution >= 0.6 is 11.6 Å². The summed E-state index contributed by atoms with van der Waals surface area (Å²) < 4.78 is 53.4. The third-order valence-corrected chi connectivity index (χ3v) is 5.45. The highest BCUT2D eigenvalue weighted by Gasteiger charge is 2.46. The molecule has 2 amide bonds. The van der Waals surface area contributed by atoms with E-state index in [2.05, 4.69) is 4.98 Å². The number of nitriles is 1. The molecule has 0 bridgehead atoms. The first-order chi connectivity index (χ1) is 14.9. The van der Waals surface area contributed by atoms with Crippen molar-refractivity contribution in [2.75, 3.05) is 16.8 Å². The first-order valence-electron chi connectivity index (χ1n) is 9.42. The van der Waals surface area contributed by atoms with Crippen LogP contribution in [-0.4, -0.2) is 29.9 Å². The molecule has 0 saturated carbocycles. The third kappa shape index (κ3) is 4.53. The number of aryl methyl sites for hydroxylation is 1. The number of halogens is 5. The van der Waals surface area contributed by atoms with Crippen LogP contribution < -0.4 is 9.80 Å². The van der Waals surface area contributed by atoms with E-state index in [-0.39, 0.29) is 35.1 Å². The van der Waals surface area contributed by atoms with Gasteiger partial charge in [-0.2, -0.15) is 18.4 Å². The lowest BCUT2D eigenvalue weighted by Gasteiger charge is -2.28. The van der Waals surface area contributed by atoms with Crippen LogP contribution in [0.3, 0.4) is 0 Å². The van der Waals surface area contributed by atoms with Crippen LogP contribution in [0.2, 0.25) is 5.02 Å². The maximum absolute atomic E-state index is 13.5. The van der Waals surface area contributed by atoms with E-state index in [9.17, 15) is 27.2 Å². The molecule has 0 spiro atoms. The Morgan fingerprint density at radius 1 is 1.34 bits per heavy atom. The van der Waals surface area contributed by atoms with Crippen LogP contribution in [0.5, 0.6) is 0 Å². The molecule has 1 aliphatic heterocycles. The number of pyridine rings is 1. The molecule has 2 atom stereocenters. The second-order valence-corrected chi connectivity index (χ2v) is 7.77. The molecule has 3 rings (SSSR count). The van der Waals surface area contributed by atoms with Crippen molar-refractivity contribution in [1.29, 1.82) is 5.26 Å². The fraction of sp³-hybridized carbons (Fsp3) is 0.333. The van der Waals surface area contributed by atoms with Crippen molar-refractivity contribution in [2.45, 2.75) is 32.0 Å². The number of anilines is 2. The Bertz CT molecular complexity index is 1120. The standard InChI is InChI=1S/C21H17ClF4N4O2/c1-11-7-13(21(24,25)26)9-18(28-11)30-17(8-12(5-6-27)19(30)31)20(32)29(2)14-3-4-16(23)15(22)10-14/h3-4,7,9-10,12,17H,5,8H2,1-2H3/t12?,17-/m0/s1. The van der Waals surface area contributed by atoms with E-state index >= 15 is 0 Å². The van der Waals surface area contributed by atoms with Crippen LogP contribution in [0.25, 0.3) is 0 Å². The van der Waals surface area contributed by atoms with Crippen LogP contribution in [-0.2, 0) is 15.8 Å². The van der Waals surface area contributed by atoms with Crippen molar-refractivity contribution in [3.63, 3.8) is 0 Å². The summed E-state index contributed by atoms with van der Waals surface area (Å²) in [7, 11) is 1.37.